The van der Waals surface area contributed by atoms with Gasteiger partial charge in [0.1, 0.15) is 0 Å². The summed E-state index contributed by atoms with van der Waals surface area (Å²) >= 11 is 0. The second-order valence-corrected chi connectivity index (χ2v) is 5.38. The molecule has 106 valence electrons. The van der Waals surface area contributed by atoms with Crippen molar-refractivity contribution in [3.05, 3.63) is 12.2 Å². The van der Waals surface area contributed by atoms with Crippen molar-refractivity contribution in [3.63, 3.8) is 0 Å². The molecule has 0 aliphatic heterocycles. The number of hydrogen-bond donors (Lipinski definition) is 1. The number of hydrogen-bond acceptors (Lipinski definition) is 5. The van der Waals surface area contributed by atoms with Crippen molar-refractivity contribution in [2.75, 3.05) is 20.3 Å². The zero-order chi connectivity index (χ0) is 14.0. The number of phosphoric ester groups is 1. The molecule has 0 aliphatic rings. The van der Waals surface area contributed by atoms with Gasteiger partial charge in [0.15, 0.2) is 0 Å². The summed E-state index contributed by atoms with van der Waals surface area (Å²) in [5, 5.41) is 0. The predicted octanol–water partition coefficient (Wildman–Crippen LogP) is 2.43. The maximum absolute atomic E-state index is 11.0. The smallest absolute Gasteiger partial charge is 0.462 e. The van der Waals surface area contributed by atoms with E-state index in [-0.39, 0.29) is 12.6 Å². The van der Waals surface area contributed by atoms with E-state index in [1.165, 1.54) is 0 Å². The monoisotopic (exact) mass is 280 g/mol. The number of phosphoric acid groups is 1. The van der Waals surface area contributed by atoms with Gasteiger partial charge in [0.2, 0.25) is 0 Å². The molecule has 1 unspecified atom stereocenters. The molecule has 1 atom stereocenters. The predicted molar refractivity (Wildman–Crippen MR) is 67.0 cm³/mol. The van der Waals surface area contributed by atoms with E-state index in [0.29, 0.717) is 18.6 Å². The van der Waals surface area contributed by atoms with Crippen LogP contribution in [0.3, 0.4) is 0 Å². The first-order valence-electron chi connectivity index (χ1n) is 5.75. The SMILES string of the molecule is C=C(C)C(=O)OCCCCCCOP(=O)(O)OC. The molecule has 0 heterocycles. The van der Waals surface area contributed by atoms with E-state index in [1.54, 1.807) is 6.92 Å². The Morgan fingerprint density at radius 3 is 2.28 bits per heavy atom. The number of carbonyl (C=O) groups is 1. The van der Waals surface area contributed by atoms with E-state index in [1.807, 2.05) is 0 Å². The van der Waals surface area contributed by atoms with Crippen LogP contribution in [0.15, 0.2) is 12.2 Å². The van der Waals surface area contributed by atoms with Crippen LogP contribution in [0.1, 0.15) is 32.6 Å². The molecule has 0 radical (unpaired) electrons. The average molecular weight is 280 g/mol. The van der Waals surface area contributed by atoms with Crippen LogP contribution in [0.5, 0.6) is 0 Å². The minimum atomic E-state index is -3.84. The largest absolute Gasteiger partial charge is 0.471 e. The topological polar surface area (TPSA) is 82.1 Å². The number of ether oxygens (including phenoxy) is 1. The summed E-state index contributed by atoms with van der Waals surface area (Å²) in [6, 6.07) is 0. The van der Waals surface area contributed by atoms with Crippen LogP contribution in [0.2, 0.25) is 0 Å². The average Bonchev–Trinajstić information content (AvgIpc) is 2.32. The molecular formula is C11H21O6P. The van der Waals surface area contributed by atoms with Crippen LogP contribution in [-0.2, 0) is 23.1 Å². The number of unbranched alkanes of at least 4 members (excludes halogenated alkanes) is 3. The van der Waals surface area contributed by atoms with Crippen LogP contribution in [-0.4, -0.2) is 31.2 Å². The molecule has 0 rings (SSSR count). The van der Waals surface area contributed by atoms with Crippen molar-refractivity contribution < 1.29 is 28.0 Å². The fourth-order valence-electron chi connectivity index (χ4n) is 1.08. The van der Waals surface area contributed by atoms with Gasteiger partial charge in [-0.25, -0.2) is 9.36 Å². The van der Waals surface area contributed by atoms with Crippen LogP contribution >= 0.6 is 7.82 Å². The zero-order valence-corrected chi connectivity index (χ0v) is 11.8. The third-order valence-corrected chi connectivity index (χ3v) is 3.08. The van der Waals surface area contributed by atoms with Crippen LogP contribution in [0, 0.1) is 0 Å². The molecule has 0 spiro atoms. The van der Waals surface area contributed by atoms with Crippen molar-refractivity contribution in [2.45, 2.75) is 32.6 Å². The van der Waals surface area contributed by atoms with Crippen molar-refractivity contribution >= 4 is 13.8 Å². The second kappa shape index (κ2) is 9.28. The molecule has 0 amide bonds. The van der Waals surface area contributed by atoms with Gasteiger partial charge in [-0.05, 0) is 26.2 Å². The van der Waals surface area contributed by atoms with Gasteiger partial charge in [0.25, 0.3) is 0 Å². The van der Waals surface area contributed by atoms with E-state index in [0.717, 1.165) is 26.4 Å². The van der Waals surface area contributed by atoms with Gasteiger partial charge in [0.05, 0.1) is 13.2 Å². The lowest BCUT2D eigenvalue weighted by atomic mass is 10.2. The minimum Gasteiger partial charge on any atom is -0.462 e. The molecule has 0 saturated carbocycles. The third kappa shape index (κ3) is 9.36. The quantitative estimate of drug-likeness (QED) is 0.286. The van der Waals surface area contributed by atoms with Gasteiger partial charge >= 0.3 is 13.8 Å². The fourth-order valence-corrected chi connectivity index (χ4v) is 1.54. The van der Waals surface area contributed by atoms with Crippen molar-refractivity contribution in [1.82, 2.24) is 0 Å². The molecule has 0 aromatic carbocycles. The molecule has 0 aromatic rings. The molecule has 7 heteroatoms. The zero-order valence-electron chi connectivity index (χ0n) is 10.9. The highest BCUT2D eigenvalue weighted by atomic mass is 31.2. The molecule has 0 aliphatic carbocycles. The lowest BCUT2D eigenvalue weighted by molar-refractivity contribution is -0.139. The van der Waals surface area contributed by atoms with Crippen molar-refractivity contribution in [3.8, 4) is 0 Å². The highest BCUT2D eigenvalue weighted by molar-refractivity contribution is 7.47. The Hall–Kier alpha value is -0.680. The molecule has 6 nitrogen and oxygen atoms in total. The summed E-state index contributed by atoms with van der Waals surface area (Å²) in [6.45, 7) is 5.61. The second-order valence-electron chi connectivity index (χ2n) is 3.81. The summed E-state index contributed by atoms with van der Waals surface area (Å²) < 4.78 is 24.7. The molecular weight excluding hydrogens is 259 g/mol. The van der Waals surface area contributed by atoms with Crippen molar-refractivity contribution in [2.24, 2.45) is 0 Å². The minimum absolute atomic E-state index is 0.174. The summed E-state index contributed by atoms with van der Waals surface area (Å²) in [5.41, 5.74) is 0.390. The fraction of sp³-hybridized carbons (Fsp3) is 0.727. The van der Waals surface area contributed by atoms with Crippen LogP contribution in [0.25, 0.3) is 0 Å². The van der Waals surface area contributed by atoms with Gasteiger partial charge in [-0.1, -0.05) is 13.0 Å². The van der Waals surface area contributed by atoms with E-state index in [9.17, 15) is 9.36 Å². The summed E-state index contributed by atoms with van der Waals surface area (Å²) in [5.74, 6) is -0.375. The van der Waals surface area contributed by atoms with E-state index in [4.69, 9.17) is 9.63 Å². The summed E-state index contributed by atoms with van der Waals surface area (Å²) in [6.07, 6.45) is 3.09. The highest BCUT2D eigenvalue weighted by Crippen LogP contribution is 2.41. The number of carbonyl (C=O) groups excluding carboxylic acids is 1. The summed E-state index contributed by atoms with van der Waals surface area (Å²) in [4.78, 5) is 19.9. The Kier molecular flexibility index (Phi) is 8.93. The molecule has 0 fully saturated rings. The molecule has 0 saturated heterocycles. The molecule has 0 bridgehead atoms. The van der Waals surface area contributed by atoms with E-state index >= 15 is 0 Å². The molecule has 0 aromatic heterocycles. The third-order valence-electron chi connectivity index (χ3n) is 2.11. The van der Waals surface area contributed by atoms with Gasteiger partial charge in [-0.15, -0.1) is 0 Å². The maximum Gasteiger partial charge on any atom is 0.471 e. The lowest BCUT2D eigenvalue weighted by Crippen LogP contribution is -2.06. The van der Waals surface area contributed by atoms with E-state index in [2.05, 4.69) is 15.6 Å². The Morgan fingerprint density at radius 2 is 1.78 bits per heavy atom. The molecule has 1 N–H and O–H groups in total. The lowest BCUT2D eigenvalue weighted by Gasteiger charge is -2.08. The Morgan fingerprint density at radius 1 is 1.22 bits per heavy atom. The van der Waals surface area contributed by atoms with E-state index < -0.39 is 7.82 Å². The number of rotatable bonds is 10. The normalized spacial score (nSPS) is 13.9. The highest BCUT2D eigenvalue weighted by Gasteiger charge is 2.17. The van der Waals surface area contributed by atoms with Crippen molar-refractivity contribution in [1.29, 1.82) is 0 Å². The van der Waals surface area contributed by atoms with Gasteiger partial charge in [-0.2, -0.15) is 0 Å². The van der Waals surface area contributed by atoms with Crippen LogP contribution < -0.4 is 0 Å². The van der Waals surface area contributed by atoms with Gasteiger partial charge < -0.3 is 9.63 Å². The van der Waals surface area contributed by atoms with Crippen LogP contribution in [0.4, 0.5) is 0 Å². The standard InChI is InChI=1S/C11H21O6P/c1-10(2)11(12)16-8-6-4-5-7-9-17-18(13,14)15-3/h1,4-9H2,2-3H3,(H,13,14). The maximum atomic E-state index is 11.0. The Balaban J connectivity index is 3.34. The first-order chi connectivity index (χ1) is 8.39. The molecule has 18 heavy (non-hydrogen) atoms. The first-order valence-corrected chi connectivity index (χ1v) is 7.24. The first kappa shape index (κ1) is 17.3. The van der Waals surface area contributed by atoms with Gasteiger partial charge in [0, 0.05) is 12.7 Å². The summed E-state index contributed by atoms with van der Waals surface area (Å²) in [7, 11) is -2.72. The van der Waals surface area contributed by atoms with Gasteiger partial charge in [-0.3, -0.25) is 9.05 Å². The Labute approximate surface area is 108 Å². The number of esters is 1. The Bertz CT molecular complexity index is 315.